The van der Waals surface area contributed by atoms with E-state index in [1.165, 1.54) is 6.92 Å². The second-order valence-electron chi connectivity index (χ2n) is 8.25. The van der Waals surface area contributed by atoms with E-state index >= 15 is 0 Å². The molecule has 1 aromatic carbocycles. The molecular formula is C22H31N3O3. The molecule has 28 heavy (non-hydrogen) atoms. The van der Waals surface area contributed by atoms with Crippen molar-refractivity contribution in [3.05, 3.63) is 24.3 Å². The largest absolute Gasteiger partial charge is 0.330 e. The molecule has 2 aliphatic rings. The van der Waals surface area contributed by atoms with Crippen LogP contribution < -0.4 is 10.6 Å². The lowest BCUT2D eigenvalue weighted by Crippen LogP contribution is -2.52. The predicted octanol–water partition coefficient (Wildman–Crippen LogP) is 3.79. The normalized spacial score (nSPS) is 25.1. The molecule has 3 rings (SSSR count). The molecule has 0 unspecified atom stereocenters. The van der Waals surface area contributed by atoms with E-state index in [1.54, 1.807) is 24.3 Å². The Morgan fingerprint density at radius 3 is 2.11 bits per heavy atom. The summed E-state index contributed by atoms with van der Waals surface area (Å²) in [5.74, 6) is 0.675. The van der Waals surface area contributed by atoms with E-state index in [-0.39, 0.29) is 23.6 Å². The number of piperidine rings is 1. The van der Waals surface area contributed by atoms with Gasteiger partial charge in [-0.15, -0.1) is 0 Å². The van der Waals surface area contributed by atoms with E-state index in [4.69, 9.17) is 0 Å². The Balaban J connectivity index is 1.63. The number of likely N-dealkylation sites (tertiary alicyclic amines) is 1. The summed E-state index contributed by atoms with van der Waals surface area (Å²) in [6, 6.07) is 6.64. The fourth-order valence-electron chi connectivity index (χ4n) is 4.28. The summed E-state index contributed by atoms with van der Waals surface area (Å²) in [7, 11) is 0. The average Bonchev–Trinajstić information content (AvgIpc) is 2.69. The minimum Gasteiger partial charge on any atom is -0.330 e. The van der Waals surface area contributed by atoms with Crippen LogP contribution in [0.5, 0.6) is 0 Å². The second kappa shape index (κ2) is 9.22. The number of nitrogens with one attached hydrogen (secondary N) is 2. The van der Waals surface area contributed by atoms with E-state index in [0.717, 1.165) is 38.5 Å². The first-order valence-corrected chi connectivity index (χ1v) is 10.4. The van der Waals surface area contributed by atoms with Gasteiger partial charge in [0.2, 0.25) is 17.7 Å². The zero-order chi connectivity index (χ0) is 20.1. The third-order valence-electron chi connectivity index (χ3n) is 5.93. The number of carbonyl (C=O) groups is 3. The first-order chi connectivity index (χ1) is 13.4. The van der Waals surface area contributed by atoms with Gasteiger partial charge in [0.05, 0.1) is 0 Å². The van der Waals surface area contributed by atoms with E-state index in [1.807, 2.05) is 4.90 Å². The lowest BCUT2D eigenvalue weighted by atomic mass is 9.81. The summed E-state index contributed by atoms with van der Waals surface area (Å²) in [6.07, 6.45) is 6.72. The lowest BCUT2D eigenvalue weighted by molar-refractivity contribution is -0.144. The molecule has 0 bridgehead atoms. The molecule has 1 saturated heterocycles. The van der Waals surface area contributed by atoms with Crippen molar-refractivity contribution in [1.82, 2.24) is 4.90 Å². The van der Waals surface area contributed by atoms with Crippen LogP contribution in [0.4, 0.5) is 11.4 Å². The molecule has 152 valence electrons. The van der Waals surface area contributed by atoms with Crippen molar-refractivity contribution in [3.8, 4) is 0 Å². The van der Waals surface area contributed by atoms with Crippen molar-refractivity contribution in [3.63, 3.8) is 0 Å². The number of hydrogen-bond donors (Lipinski definition) is 2. The molecule has 6 nitrogen and oxygen atoms in total. The van der Waals surface area contributed by atoms with Crippen LogP contribution in [0.2, 0.25) is 0 Å². The highest BCUT2D eigenvalue weighted by Gasteiger charge is 2.36. The molecule has 1 heterocycles. The van der Waals surface area contributed by atoms with Crippen LogP contribution in [-0.4, -0.2) is 35.2 Å². The van der Waals surface area contributed by atoms with Gasteiger partial charge in [-0.05, 0) is 75.1 Å². The highest BCUT2D eigenvalue weighted by atomic mass is 16.2. The molecule has 1 aromatic rings. The molecule has 1 aliphatic heterocycles. The van der Waals surface area contributed by atoms with Crippen molar-refractivity contribution in [2.24, 2.45) is 11.8 Å². The number of anilines is 2. The predicted molar refractivity (Wildman–Crippen MR) is 110 cm³/mol. The molecule has 0 radical (unpaired) electrons. The maximum Gasteiger partial charge on any atom is 0.247 e. The Kier molecular flexibility index (Phi) is 6.70. The monoisotopic (exact) mass is 385 g/mol. The van der Waals surface area contributed by atoms with Crippen LogP contribution in [0.3, 0.4) is 0 Å². The zero-order valence-corrected chi connectivity index (χ0v) is 16.9. The maximum atomic E-state index is 13.1. The van der Waals surface area contributed by atoms with Gasteiger partial charge in [-0.2, -0.15) is 0 Å². The van der Waals surface area contributed by atoms with E-state index < -0.39 is 6.04 Å². The highest BCUT2D eigenvalue weighted by molar-refractivity contribution is 5.98. The van der Waals surface area contributed by atoms with Crippen molar-refractivity contribution in [2.45, 2.75) is 64.8 Å². The van der Waals surface area contributed by atoms with Crippen molar-refractivity contribution >= 4 is 29.1 Å². The number of rotatable bonds is 4. The van der Waals surface area contributed by atoms with Crippen LogP contribution in [0.1, 0.15) is 58.8 Å². The Morgan fingerprint density at radius 2 is 1.50 bits per heavy atom. The lowest BCUT2D eigenvalue weighted by Gasteiger charge is -2.38. The van der Waals surface area contributed by atoms with Crippen molar-refractivity contribution < 1.29 is 14.4 Å². The molecule has 0 aromatic heterocycles. The highest BCUT2D eigenvalue weighted by Crippen LogP contribution is 2.31. The van der Waals surface area contributed by atoms with E-state index in [9.17, 15) is 14.4 Å². The average molecular weight is 386 g/mol. The van der Waals surface area contributed by atoms with Gasteiger partial charge in [0.25, 0.3) is 0 Å². The fourth-order valence-corrected chi connectivity index (χ4v) is 4.28. The molecule has 3 amide bonds. The van der Waals surface area contributed by atoms with Gasteiger partial charge in [-0.25, -0.2) is 0 Å². The zero-order valence-electron chi connectivity index (χ0n) is 16.9. The third kappa shape index (κ3) is 5.12. The van der Waals surface area contributed by atoms with E-state index in [2.05, 4.69) is 17.6 Å². The topological polar surface area (TPSA) is 78.5 Å². The first kappa shape index (κ1) is 20.4. The number of nitrogens with zero attached hydrogens (tertiary/aromatic N) is 1. The van der Waals surface area contributed by atoms with Crippen LogP contribution in [-0.2, 0) is 14.4 Å². The van der Waals surface area contributed by atoms with Crippen molar-refractivity contribution in [1.29, 1.82) is 0 Å². The maximum absolute atomic E-state index is 13.1. The summed E-state index contributed by atoms with van der Waals surface area (Å²) >= 11 is 0. The van der Waals surface area contributed by atoms with Crippen LogP contribution in [0.25, 0.3) is 0 Å². The summed E-state index contributed by atoms with van der Waals surface area (Å²) in [5, 5.41) is 5.65. The summed E-state index contributed by atoms with van der Waals surface area (Å²) in [4.78, 5) is 38.9. The minimum atomic E-state index is -0.393. The summed E-state index contributed by atoms with van der Waals surface area (Å²) in [5.41, 5.74) is 1.36. The molecule has 1 saturated carbocycles. The van der Waals surface area contributed by atoms with Crippen molar-refractivity contribution in [2.75, 3.05) is 17.2 Å². The summed E-state index contributed by atoms with van der Waals surface area (Å²) in [6.45, 7) is 4.37. The van der Waals surface area contributed by atoms with Gasteiger partial charge in [0.15, 0.2) is 0 Å². The molecule has 2 N–H and O–H groups in total. The van der Waals surface area contributed by atoms with Gasteiger partial charge < -0.3 is 15.5 Å². The molecule has 0 spiro atoms. The van der Waals surface area contributed by atoms with Crippen LogP contribution in [0.15, 0.2) is 24.3 Å². The quantitative estimate of drug-likeness (QED) is 0.828. The molecule has 2 fully saturated rings. The van der Waals surface area contributed by atoms with Gasteiger partial charge in [-0.3, -0.25) is 14.4 Å². The SMILES string of the molecule is CC(=O)Nc1ccc(NC(=O)[C@@H]2CCCCN2C(=O)C2CCC(C)CC2)cc1. The minimum absolute atomic E-state index is 0.0709. The van der Waals surface area contributed by atoms with Crippen LogP contribution in [0, 0.1) is 11.8 Å². The number of hydrogen-bond acceptors (Lipinski definition) is 3. The number of benzene rings is 1. The Labute approximate surface area is 167 Å². The molecule has 1 atom stereocenters. The van der Waals surface area contributed by atoms with Gasteiger partial charge in [0, 0.05) is 30.8 Å². The first-order valence-electron chi connectivity index (χ1n) is 10.4. The van der Waals surface area contributed by atoms with Crippen LogP contribution >= 0.6 is 0 Å². The van der Waals surface area contributed by atoms with E-state index in [0.29, 0.717) is 30.3 Å². The van der Waals surface area contributed by atoms with Gasteiger partial charge >= 0.3 is 0 Å². The van der Waals surface area contributed by atoms with Gasteiger partial charge in [-0.1, -0.05) is 6.92 Å². The van der Waals surface area contributed by atoms with Gasteiger partial charge in [0.1, 0.15) is 6.04 Å². The second-order valence-corrected chi connectivity index (χ2v) is 8.25. The Morgan fingerprint density at radius 1 is 0.893 bits per heavy atom. The number of amides is 3. The fraction of sp³-hybridized carbons (Fsp3) is 0.591. The smallest absolute Gasteiger partial charge is 0.247 e. The molecular weight excluding hydrogens is 354 g/mol. The Bertz CT molecular complexity index is 708. The molecule has 1 aliphatic carbocycles. The summed E-state index contributed by atoms with van der Waals surface area (Å²) < 4.78 is 0. The Hall–Kier alpha value is -2.37. The molecule has 6 heteroatoms. The third-order valence-corrected chi connectivity index (χ3v) is 5.93. The number of carbonyl (C=O) groups excluding carboxylic acids is 3. The standard InChI is InChI=1S/C22H31N3O3/c1-15-6-8-17(9-7-15)22(28)25-14-4-3-5-20(25)21(27)24-19-12-10-18(11-13-19)23-16(2)26/h10-13,15,17,20H,3-9,14H2,1-2H3,(H,23,26)(H,24,27)/t15?,17?,20-/m0/s1.